The van der Waals surface area contributed by atoms with Gasteiger partial charge in [0.25, 0.3) is 5.91 Å². The van der Waals surface area contributed by atoms with Crippen molar-refractivity contribution < 1.29 is 9.59 Å². The molecule has 24 heavy (non-hydrogen) atoms. The van der Waals surface area contributed by atoms with Gasteiger partial charge in [-0.2, -0.15) is 0 Å². The van der Waals surface area contributed by atoms with Crippen molar-refractivity contribution in [2.75, 3.05) is 37.8 Å². The number of anilines is 2. The van der Waals surface area contributed by atoms with Crippen molar-refractivity contribution in [2.45, 2.75) is 6.92 Å². The summed E-state index contributed by atoms with van der Waals surface area (Å²) in [5.74, 6) is 0.184. The van der Waals surface area contributed by atoms with Gasteiger partial charge in [0.05, 0.1) is 0 Å². The Kier molecular flexibility index (Phi) is 5.97. The van der Waals surface area contributed by atoms with Gasteiger partial charge in [0.15, 0.2) is 5.78 Å². The smallest absolute Gasteiger partial charge is 0.274 e. The zero-order valence-corrected chi connectivity index (χ0v) is 14.0. The van der Waals surface area contributed by atoms with Crippen molar-refractivity contribution in [3.05, 3.63) is 47.9 Å². The molecule has 0 bridgehead atoms. The second-order valence-electron chi connectivity index (χ2n) is 5.61. The van der Waals surface area contributed by atoms with E-state index in [1.54, 1.807) is 30.3 Å². The van der Waals surface area contributed by atoms with Gasteiger partial charge in [-0.05, 0) is 33.2 Å². The van der Waals surface area contributed by atoms with Gasteiger partial charge in [-0.1, -0.05) is 12.1 Å². The molecule has 0 atom stereocenters. The first kappa shape index (κ1) is 17.6. The summed E-state index contributed by atoms with van der Waals surface area (Å²) in [5.41, 5.74) is 1.35. The Labute approximate surface area is 141 Å². The minimum absolute atomic E-state index is 0.0551. The molecule has 2 rings (SSSR count). The minimum Gasteiger partial charge on any atom is -0.369 e. The summed E-state index contributed by atoms with van der Waals surface area (Å²) in [7, 11) is 3.96. The summed E-state index contributed by atoms with van der Waals surface area (Å²) in [6.45, 7) is 3.05. The van der Waals surface area contributed by atoms with E-state index in [0.29, 0.717) is 23.6 Å². The maximum absolute atomic E-state index is 12.3. The Hall–Kier alpha value is -2.80. The molecule has 0 aliphatic rings. The molecule has 7 heteroatoms. The highest BCUT2D eigenvalue weighted by Gasteiger charge is 2.10. The maximum atomic E-state index is 12.3. The van der Waals surface area contributed by atoms with E-state index in [1.807, 2.05) is 19.0 Å². The molecule has 0 fully saturated rings. The van der Waals surface area contributed by atoms with Crippen LogP contribution in [0, 0.1) is 0 Å². The number of hydrogen-bond donors (Lipinski definition) is 2. The van der Waals surface area contributed by atoms with Crippen LogP contribution < -0.4 is 10.6 Å². The number of aromatic nitrogens is 2. The summed E-state index contributed by atoms with van der Waals surface area (Å²) >= 11 is 0. The second kappa shape index (κ2) is 8.16. The zero-order chi connectivity index (χ0) is 17.5. The number of likely N-dealkylation sites (N-methyl/N-ethyl adjacent to an activating group) is 1. The molecule has 1 heterocycles. The summed E-state index contributed by atoms with van der Waals surface area (Å²) in [5, 5.41) is 5.88. The van der Waals surface area contributed by atoms with Crippen molar-refractivity contribution in [2.24, 2.45) is 0 Å². The lowest BCUT2D eigenvalue weighted by Gasteiger charge is -2.11. The molecule has 126 valence electrons. The van der Waals surface area contributed by atoms with E-state index in [1.165, 1.54) is 13.3 Å². The molecule has 0 spiro atoms. The van der Waals surface area contributed by atoms with Gasteiger partial charge >= 0.3 is 0 Å². The van der Waals surface area contributed by atoms with Crippen LogP contribution in [0.4, 0.5) is 11.5 Å². The molecule has 0 saturated carbocycles. The molecule has 7 nitrogen and oxygen atoms in total. The molecule has 2 N–H and O–H groups in total. The van der Waals surface area contributed by atoms with E-state index in [-0.39, 0.29) is 17.4 Å². The normalized spacial score (nSPS) is 10.5. The minimum atomic E-state index is -0.353. The van der Waals surface area contributed by atoms with E-state index in [4.69, 9.17) is 0 Å². The Bertz CT molecular complexity index is 730. The number of rotatable bonds is 7. The lowest BCUT2D eigenvalue weighted by Crippen LogP contribution is -2.21. The number of benzene rings is 1. The fourth-order valence-corrected chi connectivity index (χ4v) is 2.00. The van der Waals surface area contributed by atoms with Gasteiger partial charge < -0.3 is 15.5 Å². The third kappa shape index (κ3) is 5.13. The number of hydrogen-bond acceptors (Lipinski definition) is 6. The fourth-order valence-electron chi connectivity index (χ4n) is 2.00. The van der Waals surface area contributed by atoms with Gasteiger partial charge in [0.1, 0.15) is 17.8 Å². The maximum Gasteiger partial charge on any atom is 0.274 e. The van der Waals surface area contributed by atoms with Crippen molar-refractivity contribution in [1.29, 1.82) is 0 Å². The highest BCUT2D eigenvalue weighted by Crippen LogP contribution is 2.13. The average molecular weight is 327 g/mol. The topological polar surface area (TPSA) is 87.2 Å². The van der Waals surface area contributed by atoms with Crippen LogP contribution in [0.1, 0.15) is 27.8 Å². The predicted molar refractivity (Wildman–Crippen MR) is 93.5 cm³/mol. The predicted octanol–water partition coefficient (Wildman–Crippen LogP) is 1.91. The molecule has 0 radical (unpaired) electrons. The Balaban J connectivity index is 2.04. The largest absolute Gasteiger partial charge is 0.369 e. The number of ketones is 1. The highest BCUT2D eigenvalue weighted by atomic mass is 16.2. The van der Waals surface area contributed by atoms with Crippen molar-refractivity contribution in [1.82, 2.24) is 14.9 Å². The van der Waals surface area contributed by atoms with Crippen LogP contribution in [0.25, 0.3) is 0 Å². The van der Waals surface area contributed by atoms with Crippen molar-refractivity contribution in [3.63, 3.8) is 0 Å². The molecular formula is C17H21N5O2. The second-order valence-corrected chi connectivity index (χ2v) is 5.61. The number of Topliss-reactive ketones (excluding diaryl/α,β-unsaturated/α-hetero) is 1. The molecule has 0 aliphatic heterocycles. The fraction of sp³-hybridized carbons (Fsp3) is 0.294. The zero-order valence-electron chi connectivity index (χ0n) is 14.0. The first-order valence-corrected chi connectivity index (χ1v) is 7.58. The van der Waals surface area contributed by atoms with Crippen LogP contribution in [0.15, 0.2) is 36.7 Å². The molecule has 2 aromatic rings. The molecule has 1 amide bonds. The summed E-state index contributed by atoms with van der Waals surface area (Å²) in [6, 6.07) is 8.38. The standard InChI is InChI=1S/C17H21N5O2/c1-12(23)13-5-4-6-14(9-13)21-17(24)15-10-16(20-11-19-15)18-7-8-22(2)3/h4-6,9-11H,7-8H2,1-3H3,(H,21,24)(H,18,19,20). The van der Waals surface area contributed by atoms with Crippen LogP contribution >= 0.6 is 0 Å². The molecule has 0 aliphatic carbocycles. The van der Waals surface area contributed by atoms with Gasteiger partial charge in [0, 0.05) is 30.4 Å². The lowest BCUT2D eigenvalue weighted by molar-refractivity contribution is 0.100. The average Bonchev–Trinajstić information content (AvgIpc) is 2.55. The Morgan fingerprint density at radius 1 is 1.17 bits per heavy atom. The quantitative estimate of drug-likeness (QED) is 0.755. The van der Waals surface area contributed by atoms with E-state index in [2.05, 4.69) is 20.6 Å². The Morgan fingerprint density at radius 3 is 2.67 bits per heavy atom. The monoisotopic (exact) mass is 327 g/mol. The van der Waals surface area contributed by atoms with Gasteiger partial charge in [-0.15, -0.1) is 0 Å². The van der Waals surface area contributed by atoms with E-state index in [0.717, 1.165) is 6.54 Å². The van der Waals surface area contributed by atoms with Crippen molar-refractivity contribution >= 4 is 23.2 Å². The van der Waals surface area contributed by atoms with E-state index < -0.39 is 0 Å². The molecular weight excluding hydrogens is 306 g/mol. The van der Waals surface area contributed by atoms with Gasteiger partial charge in [0.2, 0.25) is 0 Å². The third-order valence-electron chi connectivity index (χ3n) is 3.29. The molecule has 0 saturated heterocycles. The summed E-state index contributed by atoms with van der Waals surface area (Å²) < 4.78 is 0. The number of nitrogens with zero attached hydrogens (tertiary/aromatic N) is 3. The van der Waals surface area contributed by atoms with Crippen LogP contribution in [0.3, 0.4) is 0 Å². The third-order valence-corrected chi connectivity index (χ3v) is 3.29. The number of carbonyl (C=O) groups excluding carboxylic acids is 2. The van der Waals surface area contributed by atoms with Crippen LogP contribution in [0.2, 0.25) is 0 Å². The molecule has 1 aromatic carbocycles. The SMILES string of the molecule is CC(=O)c1cccc(NC(=O)c2cc(NCCN(C)C)ncn2)c1. The summed E-state index contributed by atoms with van der Waals surface area (Å²) in [4.78, 5) is 33.8. The first-order chi connectivity index (χ1) is 11.5. The molecule has 0 unspecified atom stereocenters. The van der Waals surface area contributed by atoms with Crippen molar-refractivity contribution in [3.8, 4) is 0 Å². The number of carbonyl (C=O) groups is 2. The Morgan fingerprint density at radius 2 is 1.96 bits per heavy atom. The van der Waals surface area contributed by atoms with Gasteiger partial charge in [-0.3, -0.25) is 9.59 Å². The lowest BCUT2D eigenvalue weighted by atomic mass is 10.1. The van der Waals surface area contributed by atoms with Gasteiger partial charge in [-0.25, -0.2) is 9.97 Å². The van der Waals surface area contributed by atoms with Crippen LogP contribution in [-0.2, 0) is 0 Å². The van der Waals surface area contributed by atoms with Crippen LogP contribution in [-0.4, -0.2) is 53.7 Å². The highest BCUT2D eigenvalue weighted by molar-refractivity contribution is 6.04. The number of nitrogens with one attached hydrogen (secondary N) is 2. The first-order valence-electron chi connectivity index (χ1n) is 7.58. The molecule has 1 aromatic heterocycles. The number of amides is 1. The van der Waals surface area contributed by atoms with E-state index >= 15 is 0 Å². The van der Waals surface area contributed by atoms with Crippen LogP contribution in [0.5, 0.6) is 0 Å². The van der Waals surface area contributed by atoms with E-state index in [9.17, 15) is 9.59 Å². The summed E-state index contributed by atoms with van der Waals surface area (Å²) in [6.07, 6.45) is 1.35.